The van der Waals surface area contributed by atoms with Crippen LogP contribution in [0.5, 0.6) is 11.5 Å². The Bertz CT molecular complexity index is 1110. The second kappa shape index (κ2) is 8.56. The standard InChI is InChI=1S/C21H22BrN3O3/c1-5-6-19-24-17-9-8-15(22)11-16(17)21(26)25(19)23-12-14-7-10-18(27-3)13(2)20(14)28-4/h7-12H,5-6H2,1-4H3. The molecule has 0 fully saturated rings. The highest BCUT2D eigenvalue weighted by atomic mass is 79.9. The molecule has 28 heavy (non-hydrogen) atoms. The number of ether oxygens (including phenoxy) is 2. The van der Waals surface area contributed by atoms with Crippen molar-refractivity contribution in [2.24, 2.45) is 5.10 Å². The fraction of sp³-hybridized carbons (Fsp3) is 0.286. The molecule has 3 rings (SSSR count). The molecule has 6 nitrogen and oxygen atoms in total. The van der Waals surface area contributed by atoms with Crippen LogP contribution in [0.15, 0.2) is 44.7 Å². The van der Waals surface area contributed by atoms with E-state index < -0.39 is 0 Å². The summed E-state index contributed by atoms with van der Waals surface area (Å²) in [5, 5.41) is 4.98. The minimum absolute atomic E-state index is 0.199. The predicted molar refractivity (Wildman–Crippen MR) is 115 cm³/mol. The van der Waals surface area contributed by atoms with E-state index >= 15 is 0 Å². The molecule has 0 unspecified atom stereocenters. The first-order chi connectivity index (χ1) is 13.5. The number of aromatic nitrogens is 2. The zero-order valence-electron chi connectivity index (χ0n) is 16.3. The number of aryl methyl sites for hydroxylation is 1. The number of methoxy groups -OCH3 is 2. The van der Waals surface area contributed by atoms with Crippen molar-refractivity contribution in [3.63, 3.8) is 0 Å². The van der Waals surface area contributed by atoms with Gasteiger partial charge in [-0.25, -0.2) is 4.98 Å². The molecule has 0 aliphatic rings. The molecule has 1 aromatic heterocycles. The van der Waals surface area contributed by atoms with Crippen LogP contribution in [0.2, 0.25) is 0 Å². The smallest absolute Gasteiger partial charge is 0.282 e. The number of benzene rings is 2. The Labute approximate surface area is 171 Å². The van der Waals surface area contributed by atoms with Crippen molar-refractivity contribution in [3.05, 3.63) is 62.1 Å². The maximum atomic E-state index is 13.1. The van der Waals surface area contributed by atoms with Crippen molar-refractivity contribution in [2.45, 2.75) is 26.7 Å². The molecule has 3 aromatic rings. The topological polar surface area (TPSA) is 65.7 Å². The number of hydrogen-bond donors (Lipinski definition) is 0. The average Bonchev–Trinajstić information content (AvgIpc) is 2.68. The molecular formula is C21H22BrN3O3. The van der Waals surface area contributed by atoms with Crippen LogP contribution >= 0.6 is 15.9 Å². The Morgan fingerprint density at radius 1 is 1.21 bits per heavy atom. The number of fused-ring (bicyclic) bond motifs is 1. The molecule has 0 amide bonds. The third-order valence-electron chi connectivity index (χ3n) is 4.47. The Morgan fingerprint density at radius 2 is 2.00 bits per heavy atom. The molecular weight excluding hydrogens is 422 g/mol. The molecule has 0 atom stereocenters. The first kappa shape index (κ1) is 20.1. The summed E-state index contributed by atoms with van der Waals surface area (Å²) < 4.78 is 13.1. The van der Waals surface area contributed by atoms with Crippen LogP contribution in [-0.2, 0) is 6.42 Å². The Hall–Kier alpha value is -2.67. The molecule has 2 aromatic carbocycles. The van der Waals surface area contributed by atoms with Crippen LogP contribution in [-0.4, -0.2) is 30.1 Å². The van der Waals surface area contributed by atoms with Crippen LogP contribution in [0, 0.1) is 6.92 Å². The van der Waals surface area contributed by atoms with E-state index in [0.29, 0.717) is 28.9 Å². The van der Waals surface area contributed by atoms with Crippen molar-refractivity contribution in [2.75, 3.05) is 14.2 Å². The highest BCUT2D eigenvalue weighted by Crippen LogP contribution is 2.30. The number of hydrogen-bond acceptors (Lipinski definition) is 5. The lowest BCUT2D eigenvalue weighted by Crippen LogP contribution is -2.22. The minimum Gasteiger partial charge on any atom is -0.496 e. The first-order valence-corrected chi connectivity index (χ1v) is 9.76. The van der Waals surface area contributed by atoms with Crippen molar-refractivity contribution >= 4 is 33.0 Å². The minimum atomic E-state index is -0.199. The lowest BCUT2D eigenvalue weighted by molar-refractivity contribution is 0.388. The second-order valence-electron chi connectivity index (χ2n) is 6.32. The van der Waals surface area contributed by atoms with Gasteiger partial charge in [0.25, 0.3) is 5.56 Å². The molecule has 0 bridgehead atoms. The molecule has 0 N–H and O–H groups in total. The molecule has 1 heterocycles. The molecule has 0 aliphatic carbocycles. The van der Waals surface area contributed by atoms with Gasteiger partial charge in [-0.1, -0.05) is 22.9 Å². The lowest BCUT2D eigenvalue weighted by atomic mass is 10.1. The maximum Gasteiger partial charge on any atom is 0.282 e. The van der Waals surface area contributed by atoms with Crippen LogP contribution < -0.4 is 15.0 Å². The molecule has 0 saturated carbocycles. The fourth-order valence-electron chi connectivity index (χ4n) is 3.11. The van der Waals surface area contributed by atoms with Gasteiger partial charge in [0.1, 0.15) is 17.3 Å². The van der Waals surface area contributed by atoms with Gasteiger partial charge in [-0.3, -0.25) is 4.79 Å². The van der Waals surface area contributed by atoms with Gasteiger partial charge in [0, 0.05) is 22.0 Å². The summed E-state index contributed by atoms with van der Waals surface area (Å²) in [4.78, 5) is 17.7. The van der Waals surface area contributed by atoms with E-state index in [1.54, 1.807) is 26.5 Å². The lowest BCUT2D eigenvalue weighted by Gasteiger charge is -2.12. The monoisotopic (exact) mass is 443 g/mol. The Balaban J connectivity index is 2.16. The molecule has 0 aliphatic heterocycles. The third-order valence-corrected chi connectivity index (χ3v) is 4.97. The first-order valence-electron chi connectivity index (χ1n) is 8.97. The molecule has 0 radical (unpaired) electrons. The van der Waals surface area contributed by atoms with Gasteiger partial charge in [0.2, 0.25) is 0 Å². The largest absolute Gasteiger partial charge is 0.496 e. The van der Waals surface area contributed by atoms with E-state index in [9.17, 15) is 4.79 Å². The summed E-state index contributed by atoms with van der Waals surface area (Å²) >= 11 is 3.41. The fourth-order valence-corrected chi connectivity index (χ4v) is 3.47. The van der Waals surface area contributed by atoms with Crippen LogP contribution in [0.1, 0.15) is 30.3 Å². The highest BCUT2D eigenvalue weighted by molar-refractivity contribution is 9.10. The Morgan fingerprint density at radius 3 is 2.68 bits per heavy atom. The van der Waals surface area contributed by atoms with Crippen molar-refractivity contribution in [3.8, 4) is 11.5 Å². The zero-order valence-corrected chi connectivity index (χ0v) is 17.9. The summed E-state index contributed by atoms with van der Waals surface area (Å²) in [6.45, 7) is 3.96. The quantitative estimate of drug-likeness (QED) is 0.532. The van der Waals surface area contributed by atoms with Crippen LogP contribution in [0.3, 0.4) is 0 Å². The van der Waals surface area contributed by atoms with Crippen molar-refractivity contribution in [1.29, 1.82) is 0 Å². The van der Waals surface area contributed by atoms with Crippen molar-refractivity contribution < 1.29 is 9.47 Å². The van der Waals surface area contributed by atoms with Crippen LogP contribution in [0.4, 0.5) is 0 Å². The van der Waals surface area contributed by atoms with E-state index in [1.807, 2.05) is 38.1 Å². The van der Waals surface area contributed by atoms with Gasteiger partial charge >= 0.3 is 0 Å². The van der Waals surface area contributed by atoms with E-state index in [1.165, 1.54) is 4.68 Å². The van der Waals surface area contributed by atoms with E-state index in [0.717, 1.165) is 27.8 Å². The summed E-state index contributed by atoms with van der Waals surface area (Å²) in [5.74, 6) is 2.02. The number of rotatable bonds is 6. The summed E-state index contributed by atoms with van der Waals surface area (Å²) in [6.07, 6.45) is 3.13. The van der Waals surface area contributed by atoms with E-state index in [4.69, 9.17) is 9.47 Å². The predicted octanol–water partition coefficient (Wildman–Crippen LogP) is 4.32. The zero-order chi connectivity index (χ0) is 20.3. The number of halogens is 1. The normalized spacial score (nSPS) is 11.3. The van der Waals surface area contributed by atoms with E-state index in [2.05, 4.69) is 26.0 Å². The highest BCUT2D eigenvalue weighted by Gasteiger charge is 2.12. The summed E-state index contributed by atoms with van der Waals surface area (Å²) in [6, 6.07) is 9.19. The SMILES string of the molecule is CCCc1nc2ccc(Br)cc2c(=O)n1N=Cc1ccc(OC)c(C)c1OC. The van der Waals surface area contributed by atoms with Crippen LogP contribution in [0.25, 0.3) is 10.9 Å². The average molecular weight is 444 g/mol. The van der Waals surface area contributed by atoms with E-state index in [-0.39, 0.29) is 5.56 Å². The van der Waals surface area contributed by atoms with Gasteiger partial charge in [0.15, 0.2) is 0 Å². The second-order valence-corrected chi connectivity index (χ2v) is 7.23. The van der Waals surface area contributed by atoms with Gasteiger partial charge in [-0.2, -0.15) is 9.78 Å². The number of nitrogens with zero attached hydrogens (tertiary/aromatic N) is 3. The Kier molecular flexibility index (Phi) is 6.14. The van der Waals surface area contributed by atoms with Gasteiger partial charge < -0.3 is 9.47 Å². The van der Waals surface area contributed by atoms with Gasteiger partial charge in [-0.15, -0.1) is 0 Å². The van der Waals surface area contributed by atoms with Crippen molar-refractivity contribution in [1.82, 2.24) is 9.66 Å². The maximum absolute atomic E-state index is 13.1. The molecule has 0 spiro atoms. The summed E-state index contributed by atoms with van der Waals surface area (Å²) in [5.41, 5.74) is 2.09. The van der Waals surface area contributed by atoms with Gasteiger partial charge in [0.05, 0.1) is 31.3 Å². The van der Waals surface area contributed by atoms with Gasteiger partial charge in [-0.05, 0) is 43.7 Å². The summed E-state index contributed by atoms with van der Waals surface area (Å²) in [7, 11) is 3.22. The third kappa shape index (κ3) is 3.80. The molecule has 146 valence electrons. The molecule has 0 saturated heterocycles. The molecule has 7 heteroatoms.